The molecule has 22 heteroatoms. The highest BCUT2D eigenvalue weighted by atomic mass is 16.7. The molecule has 2 aliphatic carbocycles. The minimum absolute atomic E-state index is 0. The van der Waals surface area contributed by atoms with Gasteiger partial charge in [0, 0.05) is 104 Å². The zero-order valence-electron chi connectivity index (χ0n) is 55.2. The summed E-state index contributed by atoms with van der Waals surface area (Å²) in [5.74, 6) is 1.56. The van der Waals surface area contributed by atoms with Gasteiger partial charge in [-0.2, -0.15) is 0 Å². The number of rotatable bonds is 18. The van der Waals surface area contributed by atoms with Crippen molar-refractivity contribution in [1.82, 2.24) is 0 Å². The fourth-order valence-corrected chi connectivity index (χ4v) is 17.0. The first-order valence-electron chi connectivity index (χ1n) is 30.3. The van der Waals surface area contributed by atoms with Crippen LogP contribution in [0.3, 0.4) is 0 Å². The SMILES string of the molecule is C.C.C=C1CC2(COC)O[C@@H](C)C1[C@@H]2OC.COCC12C[C@H](C)C([C@H](C)O1)[C@@H]2OC.COC[C@@]12O[C@@H](C)[C@@H](O[C@@H]1C)[C@H]2OC.COC[C@]12CO[C@H]([C@H](C)O1)[C@@]2(C)OC.CO[C@@H](C)[C@]12CO[C@H]([C@H](C)O1)[C@H]2OC.CO[C@@H]1[C@@H]2OC[C@@]1([C@@H](C)OC)O[C@H]2C. The van der Waals surface area contributed by atoms with Crippen LogP contribution in [0.1, 0.15) is 104 Å². The normalized spacial score (nSPS) is 48.4. The quantitative estimate of drug-likeness (QED) is 0.135. The van der Waals surface area contributed by atoms with Gasteiger partial charge in [0.2, 0.25) is 0 Å². The third-order valence-electron chi connectivity index (χ3n) is 21.0. The summed E-state index contributed by atoms with van der Waals surface area (Å²) < 4.78 is 123. The molecule has 10 saturated heterocycles. The van der Waals surface area contributed by atoms with E-state index in [4.69, 9.17) is 104 Å². The van der Waals surface area contributed by atoms with E-state index in [-0.39, 0.29) is 135 Å². The van der Waals surface area contributed by atoms with Gasteiger partial charge >= 0.3 is 0 Å². The topological polar surface area (TPSA) is 203 Å². The number of ether oxygens (including phenoxy) is 22. The maximum absolute atomic E-state index is 6.01. The van der Waals surface area contributed by atoms with Crippen LogP contribution in [0.15, 0.2) is 12.2 Å². The van der Waals surface area contributed by atoms with E-state index in [2.05, 4.69) is 27.4 Å². The second-order valence-electron chi connectivity index (χ2n) is 25.7. The summed E-state index contributed by atoms with van der Waals surface area (Å²) in [4.78, 5) is 0. The molecule has 0 amide bonds. The van der Waals surface area contributed by atoms with Crippen molar-refractivity contribution in [3.63, 3.8) is 0 Å². The van der Waals surface area contributed by atoms with Crippen molar-refractivity contribution in [2.24, 2.45) is 17.8 Å². The van der Waals surface area contributed by atoms with Gasteiger partial charge < -0.3 is 104 Å². The van der Waals surface area contributed by atoms with Crippen LogP contribution in [0, 0.1) is 17.8 Å². The molecule has 0 aromatic carbocycles. The summed E-state index contributed by atoms with van der Waals surface area (Å²) in [6.07, 6.45) is 3.27. The molecule has 86 heavy (non-hydrogen) atoms. The predicted molar refractivity (Wildman–Crippen MR) is 321 cm³/mol. The van der Waals surface area contributed by atoms with Gasteiger partial charge in [0.05, 0.1) is 113 Å². The van der Waals surface area contributed by atoms with Crippen LogP contribution in [0.25, 0.3) is 0 Å². The highest BCUT2D eigenvalue weighted by Crippen LogP contribution is 2.55. The van der Waals surface area contributed by atoms with Crippen molar-refractivity contribution >= 4 is 0 Å². The van der Waals surface area contributed by atoms with Gasteiger partial charge in [-0.3, -0.25) is 0 Å². The van der Waals surface area contributed by atoms with Crippen molar-refractivity contribution in [2.75, 3.05) is 132 Å². The van der Waals surface area contributed by atoms with Crippen LogP contribution in [0.2, 0.25) is 0 Å². The van der Waals surface area contributed by atoms with E-state index in [0.717, 1.165) is 12.8 Å². The third kappa shape index (κ3) is 12.7. The van der Waals surface area contributed by atoms with Gasteiger partial charge in [-0.1, -0.05) is 33.9 Å². The zero-order valence-corrected chi connectivity index (χ0v) is 55.2. The summed E-state index contributed by atoms with van der Waals surface area (Å²) in [6, 6.07) is 0. The van der Waals surface area contributed by atoms with E-state index in [1.165, 1.54) is 5.57 Å². The Morgan fingerprint density at radius 2 is 0.965 bits per heavy atom. The number of fused-ring (bicyclic) bond motifs is 12. The minimum Gasteiger partial charge on any atom is -0.382 e. The lowest BCUT2D eigenvalue weighted by atomic mass is 9.85. The molecule has 28 atom stereocenters. The molecule has 12 bridgehead atoms. The lowest BCUT2D eigenvalue weighted by Gasteiger charge is -2.35. The molecule has 12 fully saturated rings. The molecular formula is C64H118O22. The summed E-state index contributed by atoms with van der Waals surface area (Å²) in [5.41, 5.74) is -1.25. The van der Waals surface area contributed by atoms with Crippen LogP contribution >= 0.6 is 0 Å². The standard InChI is InChI=1S/C11H20O3.C11H18O3.4C10H18O4.2CH4/c2*1-7-5-11(6-12-3)10(13-4)9(7)8(2)14-11;1-7-8-9(2,12-4)10(14-7,5-11-3)6-13-8;2*1-6-8-9(12-4)10(14-6,5-13-8)7(2)11-3;1-6-8-9(12-4)10(14-6,5-11-3)7(2)13-8;;/h7-10H,5-6H2,1-4H3;8-10H,1,5-6H2,2-4H3;7-8H,5-6H2,1-4H3;3*6-9H,5H2,1-4H3;2*1H4/t7-,8-,9?,10-,11?;8-,9?,10-,11?;7-,8+,9+,10+;6-,7+,8+,9+,10-;6-,7-,8+,9+,10-;6-,7+,8+,9+,10+;;/m000000../s1. The average molecular weight is 1240 g/mol. The van der Waals surface area contributed by atoms with Crippen LogP contribution in [-0.2, 0) is 104 Å². The summed E-state index contributed by atoms with van der Waals surface area (Å²) in [6.45, 7) is 30.7. The minimum atomic E-state index is -0.430. The van der Waals surface area contributed by atoms with Crippen LogP contribution in [-0.4, -0.2) is 281 Å². The molecule has 2 saturated carbocycles. The van der Waals surface area contributed by atoms with Crippen LogP contribution < -0.4 is 0 Å². The maximum atomic E-state index is 6.01. The summed E-state index contributed by atoms with van der Waals surface area (Å²) in [7, 11) is 20.5. The Kier molecular flexibility index (Phi) is 26.6. The molecule has 0 N–H and O–H groups in total. The Morgan fingerprint density at radius 3 is 1.38 bits per heavy atom. The first kappa shape index (κ1) is 75.6. The van der Waals surface area contributed by atoms with Gasteiger partial charge in [0.15, 0.2) is 0 Å². The van der Waals surface area contributed by atoms with E-state index >= 15 is 0 Å². The third-order valence-corrected chi connectivity index (χ3v) is 21.0. The van der Waals surface area contributed by atoms with Crippen molar-refractivity contribution in [2.45, 2.75) is 253 Å². The second-order valence-corrected chi connectivity index (χ2v) is 25.7. The Bertz CT molecular complexity index is 2010. The monoisotopic (exact) mass is 1240 g/mol. The first-order valence-corrected chi connectivity index (χ1v) is 30.3. The average Bonchev–Trinajstić information content (AvgIpc) is 1.67. The molecular weight excluding hydrogens is 1120 g/mol. The molecule has 0 spiro atoms. The van der Waals surface area contributed by atoms with Crippen molar-refractivity contribution in [3.8, 4) is 0 Å². The molecule has 506 valence electrons. The number of hydrogen-bond donors (Lipinski definition) is 0. The molecule has 10 aliphatic heterocycles. The maximum Gasteiger partial charge on any atom is 0.146 e. The Hall–Kier alpha value is -1.14. The predicted octanol–water partition coefficient (Wildman–Crippen LogP) is 6.49. The van der Waals surface area contributed by atoms with E-state index in [1.54, 1.807) is 85.3 Å². The Morgan fingerprint density at radius 1 is 0.488 bits per heavy atom. The molecule has 0 aromatic rings. The zero-order chi connectivity index (χ0) is 62.1. The van der Waals surface area contributed by atoms with E-state index < -0.39 is 22.4 Å². The summed E-state index contributed by atoms with van der Waals surface area (Å²) >= 11 is 0. The van der Waals surface area contributed by atoms with Gasteiger partial charge in [-0.15, -0.1) is 0 Å². The highest BCUT2D eigenvalue weighted by Gasteiger charge is 2.70. The Labute approximate surface area is 517 Å². The molecule has 10 heterocycles. The number of hydrogen-bond acceptors (Lipinski definition) is 22. The summed E-state index contributed by atoms with van der Waals surface area (Å²) in [5, 5.41) is 0. The van der Waals surface area contributed by atoms with Gasteiger partial charge in [0.25, 0.3) is 0 Å². The van der Waals surface area contributed by atoms with E-state index in [1.807, 2.05) is 55.4 Å². The van der Waals surface area contributed by atoms with Crippen molar-refractivity contribution in [1.29, 1.82) is 0 Å². The molecule has 22 nitrogen and oxygen atoms in total. The molecule has 4 unspecified atom stereocenters. The lowest BCUT2D eigenvalue weighted by Crippen LogP contribution is -2.54. The fraction of sp³-hybridized carbons (Fsp3) is 0.969. The van der Waals surface area contributed by atoms with E-state index in [9.17, 15) is 0 Å². The first-order chi connectivity index (χ1) is 39.8. The lowest BCUT2D eigenvalue weighted by molar-refractivity contribution is -0.194. The number of methoxy groups -OCH3 is 12. The fourth-order valence-electron chi connectivity index (χ4n) is 17.0. The van der Waals surface area contributed by atoms with Gasteiger partial charge in [-0.25, -0.2) is 0 Å². The molecule has 0 aromatic heterocycles. The van der Waals surface area contributed by atoms with Crippen LogP contribution in [0.4, 0.5) is 0 Å². The van der Waals surface area contributed by atoms with E-state index in [0.29, 0.717) is 70.1 Å². The molecule has 12 aliphatic rings. The second kappa shape index (κ2) is 30.3. The van der Waals surface area contributed by atoms with Crippen LogP contribution in [0.5, 0.6) is 0 Å². The largest absolute Gasteiger partial charge is 0.382 e. The highest BCUT2D eigenvalue weighted by molar-refractivity contribution is 5.26. The smallest absolute Gasteiger partial charge is 0.146 e. The molecule has 0 radical (unpaired) electrons. The molecule has 12 rings (SSSR count). The van der Waals surface area contributed by atoms with Crippen molar-refractivity contribution < 1.29 is 104 Å². The van der Waals surface area contributed by atoms with Gasteiger partial charge in [-0.05, 0) is 81.6 Å². The Balaban J connectivity index is 0.000000187. The van der Waals surface area contributed by atoms with Gasteiger partial charge in [0.1, 0.15) is 81.9 Å². The van der Waals surface area contributed by atoms with Crippen molar-refractivity contribution in [3.05, 3.63) is 12.2 Å².